The van der Waals surface area contributed by atoms with Crippen LogP contribution >= 0.6 is 8.30 Å². The van der Waals surface area contributed by atoms with Gasteiger partial charge in [-0.25, -0.2) is 20.0 Å². The molecule has 0 bridgehead atoms. The van der Waals surface area contributed by atoms with Gasteiger partial charge in [0.15, 0.2) is 5.82 Å². The van der Waals surface area contributed by atoms with Crippen molar-refractivity contribution in [2.45, 2.75) is 52.5 Å². The second-order valence-electron chi connectivity index (χ2n) is 9.80. The number of benzene rings is 2. The molecule has 0 saturated carbocycles. The van der Waals surface area contributed by atoms with Crippen LogP contribution in [-0.4, -0.2) is 64.0 Å². The summed E-state index contributed by atoms with van der Waals surface area (Å²) in [4.78, 5) is 27.2. The maximum absolute atomic E-state index is 12.5. The molecule has 2 aromatic carbocycles. The largest absolute Gasteiger partial charge is 0.462 e. The molecule has 12 heteroatoms. The first kappa shape index (κ1) is 30.0. The molecule has 0 amide bonds. The van der Waals surface area contributed by atoms with Crippen molar-refractivity contribution in [1.82, 2.24) is 20.0 Å². The van der Waals surface area contributed by atoms with E-state index < -0.39 is 14.3 Å². The van der Waals surface area contributed by atoms with E-state index in [0.717, 1.165) is 16.8 Å². The highest BCUT2D eigenvalue weighted by molar-refractivity contribution is 7.50. The summed E-state index contributed by atoms with van der Waals surface area (Å²) in [6.07, 6.45) is 2.93. The summed E-state index contributed by atoms with van der Waals surface area (Å²) in [6, 6.07) is 19.0. The Morgan fingerprint density at radius 1 is 1.05 bits per heavy atom. The zero-order valence-corrected chi connectivity index (χ0v) is 24.6. The Labute approximate surface area is 241 Å². The molecule has 0 aliphatic carbocycles. The van der Waals surface area contributed by atoms with Crippen molar-refractivity contribution in [1.29, 1.82) is 0 Å². The van der Waals surface area contributed by atoms with Gasteiger partial charge in [0.05, 0.1) is 30.8 Å². The van der Waals surface area contributed by atoms with E-state index in [1.165, 1.54) is 6.33 Å². The molecule has 1 aliphatic rings. The van der Waals surface area contributed by atoms with E-state index in [0.29, 0.717) is 30.3 Å². The number of carbonyl (C=O) groups excluding carboxylic acids is 1. The highest BCUT2D eigenvalue weighted by Crippen LogP contribution is 2.35. The number of esters is 1. The first-order valence-corrected chi connectivity index (χ1v) is 14.8. The number of nitrogens with one attached hydrogen (secondary N) is 1. The normalized spacial score (nSPS) is 14.6. The van der Waals surface area contributed by atoms with Gasteiger partial charge >= 0.3 is 5.97 Å². The van der Waals surface area contributed by atoms with Gasteiger partial charge in [-0.2, -0.15) is 0 Å². The maximum Gasteiger partial charge on any atom is 0.323 e. The van der Waals surface area contributed by atoms with Gasteiger partial charge in [0, 0.05) is 17.7 Å². The maximum atomic E-state index is 12.5. The zero-order valence-electron chi connectivity index (χ0n) is 23.7. The lowest BCUT2D eigenvalue weighted by atomic mass is 10.0. The van der Waals surface area contributed by atoms with Gasteiger partial charge in [0.2, 0.25) is 8.30 Å². The average molecular weight is 578 g/mol. The van der Waals surface area contributed by atoms with Crippen LogP contribution in [-0.2, 0) is 25.4 Å². The van der Waals surface area contributed by atoms with Crippen molar-refractivity contribution in [3.8, 4) is 0 Å². The van der Waals surface area contributed by atoms with Crippen LogP contribution in [0.3, 0.4) is 0 Å². The number of aromatic nitrogens is 2. The predicted molar refractivity (Wildman–Crippen MR) is 161 cm³/mol. The molecule has 3 atom stereocenters. The Hall–Kier alpha value is -3.92. The van der Waals surface area contributed by atoms with E-state index in [-0.39, 0.29) is 24.5 Å². The summed E-state index contributed by atoms with van der Waals surface area (Å²) in [5, 5.41) is 7.78. The molecule has 0 radical (unpaired) electrons. The molecule has 0 fully saturated rings. The third-order valence-electron chi connectivity index (χ3n) is 5.97. The highest BCUT2D eigenvalue weighted by Gasteiger charge is 2.24. The number of nitrogen functional groups attached to an aromatic ring is 1. The van der Waals surface area contributed by atoms with Gasteiger partial charge in [-0.15, -0.1) is 0 Å². The van der Waals surface area contributed by atoms with Gasteiger partial charge in [-0.1, -0.05) is 65.8 Å². The predicted octanol–water partition coefficient (Wildman–Crippen LogP) is 4.61. The number of nitrogens with zero attached hydrogens (tertiary/aromatic N) is 5. The molecule has 3 aromatic rings. The molecular weight excluding hydrogens is 541 g/mol. The third-order valence-corrected chi connectivity index (χ3v) is 7.30. The summed E-state index contributed by atoms with van der Waals surface area (Å²) in [5.41, 5.74) is 9.77. The molecule has 11 nitrogen and oxygen atoms in total. The SMILES string of the molecule is CC(C)OC(=O)[C@H](C)NP(CO[C@H](C)CN1C=Nc2c(N)ncnc2C1)ON=C(c1ccccc1)c1ccccc1. The second kappa shape index (κ2) is 14.6. The summed E-state index contributed by atoms with van der Waals surface area (Å²) in [7, 11) is -1.52. The summed E-state index contributed by atoms with van der Waals surface area (Å²) in [5.74, 6) is -0.0102. The third kappa shape index (κ3) is 8.78. The fourth-order valence-electron chi connectivity index (χ4n) is 3.99. The molecule has 1 unspecified atom stereocenters. The van der Waals surface area contributed by atoms with E-state index in [2.05, 4.69) is 25.2 Å². The Bertz CT molecular complexity index is 1300. The molecular formula is C29H36N7O4P. The molecule has 4 rings (SSSR count). The number of carbonyl (C=O) groups is 1. The first-order valence-electron chi connectivity index (χ1n) is 13.4. The standard InChI is InChI=1S/C29H36N7O4P/c1-20(2)39-29(37)22(4)35-41(40-34-26(23-11-7-5-8-12-23)24-13-9-6-10-14-24)19-38-21(3)15-36-16-25-27(33-18-36)28(30)32-17-31-25/h5-14,17-18,20-22,35H,15-16,19H2,1-4H3,(H2,30,31,32)/t21-,22+,41?/m1/s1. The quantitative estimate of drug-likeness (QED) is 0.129. The number of rotatable bonds is 13. The second-order valence-corrected chi connectivity index (χ2v) is 11.2. The van der Waals surface area contributed by atoms with Crippen LogP contribution in [0, 0.1) is 0 Å². The lowest BCUT2D eigenvalue weighted by Crippen LogP contribution is -2.36. The van der Waals surface area contributed by atoms with Crippen molar-refractivity contribution in [3.63, 3.8) is 0 Å². The number of oxime groups is 1. The number of hydrogen-bond donors (Lipinski definition) is 2. The van der Waals surface area contributed by atoms with Crippen LogP contribution in [0.1, 0.15) is 44.5 Å². The van der Waals surface area contributed by atoms with Crippen LogP contribution in [0.25, 0.3) is 0 Å². The Morgan fingerprint density at radius 2 is 1.71 bits per heavy atom. The van der Waals surface area contributed by atoms with E-state index in [9.17, 15) is 4.79 Å². The topological polar surface area (TPSA) is 137 Å². The molecule has 216 valence electrons. The van der Waals surface area contributed by atoms with E-state index >= 15 is 0 Å². The van der Waals surface area contributed by atoms with Gasteiger partial charge in [0.1, 0.15) is 30.1 Å². The minimum Gasteiger partial charge on any atom is -0.462 e. The Balaban J connectivity index is 1.45. The van der Waals surface area contributed by atoms with Crippen molar-refractivity contribution in [2.75, 3.05) is 18.6 Å². The van der Waals surface area contributed by atoms with Gasteiger partial charge in [0.25, 0.3) is 0 Å². The van der Waals surface area contributed by atoms with Crippen LogP contribution < -0.4 is 10.8 Å². The van der Waals surface area contributed by atoms with Crippen LogP contribution in [0.15, 0.2) is 77.1 Å². The van der Waals surface area contributed by atoms with Crippen molar-refractivity contribution in [2.24, 2.45) is 10.1 Å². The highest BCUT2D eigenvalue weighted by atomic mass is 31.2. The molecule has 0 spiro atoms. The van der Waals surface area contributed by atoms with Crippen molar-refractivity contribution in [3.05, 3.63) is 83.8 Å². The summed E-state index contributed by atoms with van der Waals surface area (Å²) >= 11 is 0. The Kier molecular flexibility index (Phi) is 10.7. The molecule has 1 aliphatic heterocycles. The lowest BCUT2D eigenvalue weighted by molar-refractivity contribution is -0.148. The van der Waals surface area contributed by atoms with E-state index in [1.54, 1.807) is 13.3 Å². The van der Waals surface area contributed by atoms with Gasteiger partial charge in [-0.05, 0) is 27.7 Å². The van der Waals surface area contributed by atoms with E-state index in [4.69, 9.17) is 19.8 Å². The minimum absolute atomic E-state index is 0.187. The van der Waals surface area contributed by atoms with Gasteiger partial charge in [-0.3, -0.25) is 4.79 Å². The average Bonchev–Trinajstić information content (AvgIpc) is 2.96. The smallest absolute Gasteiger partial charge is 0.323 e. The number of anilines is 1. The van der Waals surface area contributed by atoms with Crippen LogP contribution in [0.2, 0.25) is 0 Å². The van der Waals surface area contributed by atoms with Crippen LogP contribution in [0.5, 0.6) is 0 Å². The lowest BCUT2D eigenvalue weighted by Gasteiger charge is -2.27. The fraction of sp³-hybridized carbons (Fsp3) is 0.345. The summed E-state index contributed by atoms with van der Waals surface area (Å²) in [6.45, 7) is 8.43. The molecule has 0 saturated heterocycles. The number of fused-ring (bicyclic) bond motifs is 1. The number of nitrogens with two attached hydrogens (primary N) is 1. The minimum atomic E-state index is -1.52. The van der Waals surface area contributed by atoms with Gasteiger partial charge < -0.3 is 24.7 Å². The Morgan fingerprint density at radius 3 is 2.34 bits per heavy atom. The van der Waals surface area contributed by atoms with E-state index in [1.807, 2.05) is 86.3 Å². The zero-order chi connectivity index (χ0) is 29.2. The fourth-order valence-corrected chi connectivity index (χ4v) is 5.27. The number of hydrogen-bond acceptors (Lipinski definition) is 11. The van der Waals surface area contributed by atoms with Crippen molar-refractivity contribution < 1.29 is 18.9 Å². The molecule has 2 heterocycles. The van der Waals surface area contributed by atoms with Crippen molar-refractivity contribution >= 4 is 37.8 Å². The van der Waals surface area contributed by atoms with Crippen LogP contribution in [0.4, 0.5) is 11.5 Å². The monoisotopic (exact) mass is 577 g/mol. The molecule has 1 aromatic heterocycles. The molecule has 41 heavy (non-hydrogen) atoms. The number of ether oxygens (including phenoxy) is 2. The molecule has 3 N–H and O–H groups in total. The number of aliphatic imine (C=N–C) groups is 1. The first-order chi connectivity index (χ1) is 19.8. The summed E-state index contributed by atoms with van der Waals surface area (Å²) < 4.78 is 17.6.